The maximum Gasteiger partial charge on any atom is 0.463 e. The first kappa shape index (κ1) is 15.1. The number of carbonyl (C=O) groups excluding carboxylic acids is 1. The Morgan fingerprint density at radius 3 is 1.88 bits per heavy atom. The molecule has 0 aliphatic rings. The highest BCUT2D eigenvalue weighted by Gasteiger charge is 2.63. The summed E-state index contributed by atoms with van der Waals surface area (Å²) < 4.78 is 60.2. The van der Waals surface area contributed by atoms with Gasteiger partial charge in [0.25, 0.3) is 5.91 Å². The second-order valence-corrected chi connectivity index (χ2v) is 3.46. The summed E-state index contributed by atoms with van der Waals surface area (Å²) in [6.45, 7) is 3.36. The Bertz CT molecular complexity index is 235. The molecule has 16 heavy (non-hydrogen) atoms. The first-order chi connectivity index (χ1) is 7.16. The highest BCUT2D eigenvalue weighted by Crippen LogP contribution is 2.35. The molecule has 0 rings (SSSR count). The number of halogens is 5. The first-order valence-electron chi connectivity index (χ1n) is 4.89. The molecule has 0 atom stereocenters. The Kier molecular flexibility index (Phi) is 5.15. The molecule has 0 aromatic carbocycles. The van der Waals surface area contributed by atoms with E-state index in [0.717, 1.165) is 0 Å². The van der Waals surface area contributed by atoms with E-state index >= 15 is 0 Å². The lowest BCUT2D eigenvalue weighted by Crippen LogP contribution is -2.51. The summed E-state index contributed by atoms with van der Waals surface area (Å²) in [5, 5.41) is 1.62. The van der Waals surface area contributed by atoms with Gasteiger partial charge < -0.3 is 5.32 Å². The van der Waals surface area contributed by atoms with Crippen LogP contribution in [0.1, 0.15) is 26.7 Å². The largest absolute Gasteiger partial charge is 0.463 e. The third-order valence-electron chi connectivity index (χ3n) is 2.35. The number of hydrogen-bond acceptors (Lipinski definition) is 1. The average Bonchev–Trinajstić information content (AvgIpc) is 2.17. The lowest BCUT2D eigenvalue weighted by molar-refractivity contribution is -0.269. The zero-order valence-corrected chi connectivity index (χ0v) is 9.00. The molecule has 2 nitrogen and oxygen atoms in total. The predicted octanol–water partition coefficient (Wildman–Crippen LogP) is 2.74. The molecule has 0 saturated carbocycles. The van der Waals surface area contributed by atoms with Gasteiger partial charge in [0.15, 0.2) is 0 Å². The summed E-state index contributed by atoms with van der Waals surface area (Å²) in [6.07, 6.45) is -4.63. The smallest absolute Gasteiger partial charge is 0.350 e. The van der Waals surface area contributed by atoms with Gasteiger partial charge in [-0.2, -0.15) is 22.0 Å². The molecule has 0 aromatic heterocycles. The summed E-state index contributed by atoms with van der Waals surface area (Å²) in [5.41, 5.74) is 0. The van der Waals surface area contributed by atoms with E-state index in [-0.39, 0.29) is 12.5 Å². The van der Waals surface area contributed by atoms with Crippen molar-refractivity contribution in [3.05, 3.63) is 0 Å². The number of nitrogens with one attached hydrogen (secondary N) is 1. The molecule has 0 aliphatic heterocycles. The predicted molar refractivity (Wildman–Crippen MR) is 48.1 cm³/mol. The van der Waals surface area contributed by atoms with Crippen LogP contribution in [-0.2, 0) is 4.79 Å². The molecule has 0 aliphatic carbocycles. The highest BCUT2D eigenvalue weighted by molar-refractivity contribution is 5.84. The molecule has 0 fully saturated rings. The van der Waals surface area contributed by atoms with E-state index in [1.165, 1.54) is 0 Å². The van der Waals surface area contributed by atoms with Gasteiger partial charge in [-0.1, -0.05) is 26.7 Å². The zero-order chi connectivity index (χ0) is 13.0. The molecule has 1 amide bonds. The van der Waals surface area contributed by atoms with E-state index in [4.69, 9.17) is 0 Å². The number of rotatable bonds is 5. The SMILES string of the molecule is CCC(CC)CNC(=O)C(F)(F)C(F)(F)F. The summed E-state index contributed by atoms with van der Waals surface area (Å²) >= 11 is 0. The fraction of sp³-hybridized carbons (Fsp3) is 0.889. The van der Waals surface area contributed by atoms with Crippen molar-refractivity contribution in [3.8, 4) is 0 Å². The fourth-order valence-corrected chi connectivity index (χ4v) is 1.05. The minimum Gasteiger partial charge on any atom is -0.350 e. The van der Waals surface area contributed by atoms with Gasteiger partial charge in [-0.25, -0.2) is 0 Å². The van der Waals surface area contributed by atoms with Gasteiger partial charge in [0, 0.05) is 6.54 Å². The molecule has 0 saturated heterocycles. The average molecular weight is 247 g/mol. The van der Waals surface area contributed by atoms with E-state index < -0.39 is 18.0 Å². The normalized spacial score (nSPS) is 13.0. The molecule has 0 heterocycles. The molecule has 7 heteroatoms. The van der Waals surface area contributed by atoms with Gasteiger partial charge in [0.2, 0.25) is 0 Å². The number of amides is 1. The van der Waals surface area contributed by atoms with Gasteiger partial charge in [-0.05, 0) is 5.92 Å². The van der Waals surface area contributed by atoms with Crippen molar-refractivity contribution in [2.45, 2.75) is 38.8 Å². The van der Waals surface area contributed by atoms with Gasteiger partial charge in [-0.15, -0.1) is 0 Å². The van der Waals surface area contributed by atoms with Gasteiger partial charge in [0.05, 0.1) is 0 Å². The summed E-state index contributed by atoms with van der Waals surface area (Å²) in [5.74, 6) is -7.70. The standard InChI is InChI=1S/C9H14F5NO/c1-3-6(4-2)5-15-7(16)8(10,11)9(12,13)14/h6H,3-5H2,1-2H3,(H,15,16). The van der Waals surface area contributed by atoms with Crippen molar-refractivity contribution in [2.75, 3.05) is 6.54 Å². The van der Waals surface area contributed by atoms with Gasteiger partial charge in [-0.3, -0.25) is 4.79 Å². The number of hydrogen-bond donors (Lipinski definition) is 1. The molecule has 96 valence electrons. The van der Waals surface area contributed by atoms with Crippen molar-refractivity contribution in [1.29, 1.82) is 0 Å². The van der Waals surface area contributed by atoms with E-state index in [9.17, 15) is 26.7 Å². The Morgan fingerprint density at radius 1 is 1.12 bits per heavy atom. The van der Waals surface area contributed by atoms with Crippen LogP contribution in [0.25, 0.3) is 0 Å². The Labute approximate surface area is 90.2 Å². The molecule has 0 aromatic rings. The maximum absolute atomic E-state index is 12.4. The van der Waals surface area contributed by atoms with E-state index in [2.05, 4.69) is 0 Å². The van der Waals surface area contributed by atoms with E-state index in [1.807, 2.05) is 0 Å². The van der Waals surface area contributed by atoms with Crippen LogP contribution in [0.5, 0.6) is 0 Å². The fourth-order valence-electron chi connectivity index (χ4n) is 1.05. The third kappa shape index (κ3) is 3.61. The van der Waals surface area contributed by atoms with Crippen LogP contribution in [0.4, 0.5) is 22.0 Å². The van der Waals surface area contributed by atoms with Crippen molar-refractivity contribution in [1.82, 2.24) is 5.32 Å². The van der Waals surface area contributed by atoms with Gasteiger partial charge in [0.1, 0.15) is 0 Å². The summed E-state index contributed by atoms with van der Waals surface area (Å²) in [6, 6.07) is 0. The Morgan fingerprint density at radius 2 is 1.56 bits per heavy atom. The number of carbonyl (C=O) groups is 1. The molecule has 0 radical (unpaired) electrons. The quantitative estimate of drug-likeness (QED) is 0.743. The second kappa shape index (κ2) is 5.45. The molecular formula is C9H14F5NO. The third-order valence-corrected chi connectivity index (χ3v) is 2.35. The zero-order valence-electron chi connectivity index (χ0n) is 9.00. The van der Waals surface area contributed by atoms with Crippen molar-refractivity contribution >= 4 is 5.91 Å². The summed E-state index contributed by atoms with van der Waals surface area (Å²) in [4.78, 5) is 10.7. The first-order valence-corrected chi connectivity index (χ1v) is 4.89. The Balaban J connectivity index is 4.37. The monoisotopic (exact) mass is 247 g/mol. The number of alkyl halides is 5. The van der Waals surface area contributed by atoms with Crippen LogP contribution < -0.4 is 5.32 Å². The van der Waals surface area contributed by atoms with Crippen LogP contribution in [-0.4, -0.2) is 24.6 Å². The lowest BCUT2D eigenvalue weighted by Gasteiger charge is -2.20. The minimum absolute atomic E-state index is 0.0898. The van der Waals surface area contributed by atoms with E-state index in [0.29, 0.717) is 12.8 Å². The van der Waals surface area contributed by atoms with Crippen LogP contribution in [0.15, 0.2) is 0 Å². The van der Waals surface area contributed by atoms with Crippen LogP contribution >= 0.6 is 0 Å². The topological polar surface area (TPSA) is 29.1 Å². The molecule has 0 unspecified atom stereocenters. The van der Waals surface area contributed by atoms with Gasteiger partial charge >= 0.3 is 12.1 Å². The van der Waals surface area contributed by atoms with Crippen molar-refractivity contribution < 1.29 is 26.7 Å². The van der Waals surface area contributed by atoms with E-state index in [1.54, 1.807) is 19.2 Å². The summed E-state index contributed by atoms with van der Waals surface area (Å²) in [7, 11) is 0. The van der Waals surface area contributed by atoms with Crippen LogP contribution in [0.3, 0.4) is 0 Å². The highest BCUT2D eigenvalue weighted by atomic mass is 19.4. The van der Waals surface area contributed by atoms with Crippen molar-refractivity contribution in [2.24, 2.45) is 5.92 Å². The van der Waals surface area contributed by atoms with Crippen LogP contribution in [0.2, 0.25) is 0 Å². The Hall–Kier alpha value is -0.880. The molecule has 1 N–H and O–H groups in total. The molecule has 0 spiro atoms. The lowest BCUT2D eigenvalue weighted by atomic mass is 10.0. The minimum atomic E-state index is -5.84. The van der Waals surface area contributed by atoms with Crippen LogP contribution in [0, 0.1) is 5.92 Å². The van der Waals surface area contributed by atoms with Crippen molar-refractivity contribution in [3.63, 3.8) is 0 Å². The molecule has 0 bridgehead atoms. The second-order valence-electron chi connectivity index (χ2n) is 3.46. The molecular weight excluding hydrogens is 233 g/mol. The maximum atomic E-state index is 12.4.